The zero-order chi connectivity index (χ0) is 33.8. The molecule has 4 aromatic rings. The second-order valence-corrected chi connectivity index (χ2v) is 13.5. The molecular formula is C35H34ClIN2O7S. The highest BCUT2D eigenvalue weighted by atomic mass is 127. The molecule has 0 N–H and O–H groups in total. The van der Waals surface area contributed by atoms with Crippen LogP contribution in [0.1, 0.15) is 50.4 Å². The lowest BCUT2D eigenvalue weighted by molar-refractivity contribution is -0.139. The third-order valence-corrected chi connectivity index (χ3v) is 9.21. The third kappa shape index (κ3) is 7.52. The van der Waals surface area contributed by atoms with Gasteiger partial charge in [-0.05, 0) is 109 Å². The van der Waals surface area contributed by atoms with Crippen molar-refractivity contribution in [2.45, 2.75) is 46.4 Å². The number of nitrogens with zero attached hydrogens (tertiary/aromatic N) is 2. The Labute approximate surface area is 295 Å². The Kier molecular flexibility index (Phi) is 11.0. The average Bonchev–Trinajstić information content (AvgIpc) is 3.34. The van der Waals surface area contributed by atoms with E-state index in [9.17, 15) is 9.59 Å². The maximum Gasteiger partial charge on any atom is 0.338 e. The zero-order valence-electron chi connectivity index (χ0n) is 26.8. The van der Waals surface area contributed by atoms with Gasteiger partial charge in [0.1, 0.15) is 6.61 Å². The maximum atomic E-state index is 14.2. The van der Waals surface area contributed by atoms with E-state index >= 15 is 0 Å². The molecule has 0 unspecified atom stereocenters. The van der Waals surface area contributed by atoms with Crippen LogP contribution in [0.5, 0.6) is 23.0 Å². The van der Waals surface area contributed by atoms with Gasteiger partial charge in [0.25, 0.3) is 5.56 Å². The molecule has 0 saturated heterocycles. The Hall–Kier alpha value is -3.81. The number of allylic oxidation sites excluding steroid dienone is 1. The quantitative estimate of drug-likeness (QED) is 0.128. The van der Waals surface area contributed by atoms with Crippen molar-refractivity contribution in [3.63, 3.8) is 0 Å². The van der Waals surface area contributed by atoms with Crippen molar-refractivity contribution in [2.24, 2.45) is 4.99 Å². The molecule has 0 spiro atoms. The summed E-state index contributed by atoms with van der Waals surface area (Å²) in [5.41, 5.74) is 2.66. The van der Waals surface area contributed by atoms with Gasteiger partial charge in [-0.3, -0.25) is 9.36 Å². The lowest BCUT2D eigenvalue weighted by Gasteiger charge is -2.25. The third-order valence-electron chi connectivity index (χ3n) is 7.23. The molecule has 1 atom stereocenters. The van der Waals surface area contributed by atoms with Crippen molar-refractivity contribution < 1.29 is 28.5 Å². The van der Waals surface area contributed by atoms with Crippen molar-refractivity contribution in [3.8, 4) is 23.0 Å². The Bertz CT molecular complexity index is 2020. The lowest BCUT2D eigenvalue weighted by atomic mass is 9.95. The average molecular weight is 789 g/mol. The van der Waals surface area contributed by atoms with E-state index in [4.69, 9.17) is 35.3 Å². The lowest BCUT2D eigenvalue weighted by Crippen LogP contribution is -2.40. The van der Waals surface area contributed by atoms with Crippen molar-refractivity contribution in [2.75, 3.05) is 20.8 Å². The molecule has 246 valence electrons. The van der Waals surface area contributed by atoms with E-state index in [-0.39, 0.29) is 23.8 Å². The largest absolute Gasteiger partial charge is 0.493 e. The Morgan fingerprint density at radius 1 is 1.06 bits per heavy atom. The van der Waals surface area contributed by atoms with E-state index in [1.54, 1.807) is 51.3 Å². The number of esters is 1. The van der Waals surface area contributed by atoms with Gasteiger partial charge in [0.15, 0.2) is 27.8 Å². The summed E-state index contributed by atoms with van der Waals surface area (Å²) >= 11 is 10.1. The number of halogens is 2. The van der Waals surface area contributed by atoms with Gasteiger partial charge in [0.2, 0.25) is 0 Å². The molecule has 2 heterocycles. The van der Waals surface area contributed by atoms with Crippen LogP contribution in [0.15, 0.2) is 75.7 Å². The number of ether oxygens (including phenoxy) is 5. The number of fused-ring (bicyclic) bond motifs is 1. The first-order chi connectivity index (χ1) is 22.5. The van der Waals surface area contributed by atoms with Crippen molar-refractivity contribution in [1.29, 1.82) is 0 Å². The number of aromatic nitrogens is 1. The van der Waals surface area contributed by atoms with Gasteiger partial charge in [0.05, 0.1) is 53.8 Å². The number of hydrogen-bond acceptors (Lipinski definition) is 9. The van der Waals surface area contributed by atoms with Crippen LogP contribution in [0.3, 0.4) is 0 Å². The smallest absolute Gasteiger partial charge is 0.338 e. The number of carbonyl (C=O) groups is 1. The maximum absolute atomic E-state index is 14.2. The van der Waals surface area contributed by atoms with Crippen molar-refractivity contribution in [1.82, 2.24) is 4.57 Å². The fraction of sp³-hybridized carbons (Fsp3) is 0.286. The Balaban J connectivity index is 1.59. The van der Waals surface area contributed by atoms with E-state index < -0.39 is 12.0 Å². The van der Waals surface area contributed by atoms with Crippen LogP contribution in [0, 0.1) is 3.57 Å². The standard InChI is InChI=1S/C35H34ClIN2O7S/c1-7-44-34(41)30-20(4)38-35-39(31(30)23-10-13-26(46-19(2)3)27(17-23)42-5)33(40)29(47-35)16-22-14-25(36)32(28(15-22)43-6)45-18-21-8-11-24(37)12-9-21/h8-17,19,31H,7,18H2,1-6H3/b29-16-/t31-/m1/s1. The van der Waals surface area contributed by atoms with Gasteiger partial charge in [-0.15, -0.1) is 0 Å². The molecule has 9 nitrogen and oxygen atoms in total. The fourth-order valence-electron chi connectivity index (χ4n) is 5.16. The first-order valence-corrected chi connectivity index (χ1v) is 17.1. The minimum Gasteiger partial charge on any atom is -0.493 e. The summed E-state index contributed by atoms with van der Waals surface area (Å²) in [6.45, 7) is 7.79. The predicted molar refractivity (Wildman–Crippen MR) is 191 cm³/mol. The van der Waals surface area contributed by atoms with E-state index in [1.165, 1.54) is 23.0 Å². The molecule has 47 heavy (non-hydrogen) atoms. The minimum atomic E-state index is -0.815. The highest BCUT2D eigenvalue weighted by Gasteiger charge is 2.34. The molecule has 5 rings (SSSR count). The van der Waals surface area contributed by atoms with Gasteiger partial charge in [-0.1, -0.05) is 41.1 Å². The van der Waals surface area contributed by atoms with Gasteiger partial charge in [-0.2, -0.15) is 0 Å². The van der Waals surface area contributed by atoms with Crippen LogP contribution >= 0.6 is 45.5 Å². The van der Waals surface area contributed by atoms with Crippen LogP contribution in [0.25, 0.3) is 6.08 Å². The Morgan fingerprint density at radius 3 is 2.45 bits per heavy atom. The van der Waals surface area contributed by atoms with Crippen molar-refractivity contribution >= 4 is 57.6 Å². The summed E-state index contributed by atoms with van der Waals surface area (Å²) in [6, 6.07) is 16.0. The van der Waals surface area contributed by atoms with Crippen LogP contribution in [0.2, 0.25) is 5.02 Å². The molecule has 1 aliphatic heterocycles. The van der Waals surface area contributed by atoms with Gasteiger partial charge >= 0.3 is 5.97 Å². The fourth-order valence-corrected chi connectivity index (χ4v) is 6.84. The normalized spacial score (nSPS) is 14.5. The molecule has 3 aromatic carbocycles. The highest BCUT2D eigenvalue weighted by molar-refractivity contribution is 14.1. The molecular weight excluding hydrogens is 755 g/mol. The summed E-state index contributed by atoms with van der Waals surface area (Å²) in [4.78, 5) is 32.6. The first kappa shape index (κ1) is 34.5. The van der Waals surface area contributed by atoms with Gasteiger partial charge in [0, 0.05) is 3.57 Å². The molecule has 0 amide bonds. The molecule has 12 heteroatoms. The van der Waals surface area contributed by atoms with Crippen LogP contribution in [-0.4, -0.2) is 37.5 Å². The molecule has 1 aromatic heterocycles. The van der Waals surface area contributed by atoms with Crippen molar-refractivity contribution in [3.05, 3.63) is 111 Å². The molecule has 0 fully saturated rings. The second kappa shape index (κ2) is 15.0. The Morgan fingerprint density at radius 2 is 1.79 bits per heavy atom. The molecule has 1 aliphatic rings. The topological polar surface area (TPSA) is 97.6 Å². The molecule has 0 saturated carbocycles. The monoisotopic (exact) mass is 788 g/mol. The molecule has 0 radical (unpaired) electrons. The first-order valence-electron chi connectivity index (χ1n) is 14.8. The van der Waals surface area contributed by atoms with E-state index in [2.05, 4.69) is 27.6 Å². The van der Waals surface area contributed by atoms with Gasteiger partial charge in [-0.25, -0.2) is 9.79 Å². The number of thiazole rings is 1. The number of methoxy groups -OCH3 is 2. The van der Waals surface area contributed by atoms with E-state index in [0.29, 0.717) is 60.8 Å². The zero-order valence-corrected chi connectivity index (χ0v) is 30.5. The number of rotatable bonds is 11. The minimum absolute atomic E-state index is 0.0784. The van der Waals surface area contributed by atoms with E-state index in [0.717, 1.165) is 9.13 Å². The van der Waals surface area contributed by atoms with Crippen LogP contribution in [0.4, 0.5) is 0 Å². The molecule has 0 aliphatic carbocycles. The summed E-state index contributed by atoms with van der Waals surface area (Å²) in [5, 5.41) is 0.336. The molecule has 0 bridgehead atoms. The summed E-state index contributed by atoms with van der Waals surface area (Å²) in [6.07, 6.45) is 1.65. The van der Waals surface area contributed by atoms with Crippen LogP contribution in [-0.2, 0) is 16.1 Å². The summed E-state index contributed by atoms with van der Waals surface area (Å²) in [5.74, 6) is 1.30. The SMILES string of the molecule is CCOC(=O)C1=C(C)N=c2s/c(=C\c3cc(Cl)c(OCc4ccc(I)cc4)c(OC)c3)c(=O)n2[C@@H]1c1ccc(OC(C)C)c(OC)c1. The number of hydrogen-bond donors (Lipinski definition) is 0. The second-order valence-electron chi connectivity index (χ2n) is 10.8. The van der Waals surface area contributed by atoms with Crippen LogP contribution < -0.4 is 33.8 Å². The predicted octanol–water partition coefficient (Wildman–Crippen LogP) is 6.44. The summed E-state index contributed by atoms with van der Waals surface area (Å²) < 4.78 is 31.7. The van der Waals surface area contributed by atoms with Gasteiger partial charge < -0.3 is 23.7 Å². The number of benzene rings is 3. The summed E-state index contributed by atoms with van der Waals surface area (Å²) in [7, 11) is 3.08. The number of carbonyl (C=O) groups excluding carboxylic acids is 1. The van der Waals surface area contributed by atoms with E-state index in [1.807, 2.05) is 44.2 Å². The highest BCUT2D eigenvalue weighted by Crippen LogP contribution is 2.38.